The number of ether oxygens (including phenoxy) is 1. The van der Waals surface area contributed by atoms with E-state index in [0.29, 0.717) is 25.4 Å². The summed E-state index contributed by atoms with van der Waals surface area (Å²) < 4.78 is 42.6. The fraction of sp³-hybridized carbons (Fsp3) is 0.650. The van der Waals surface area contributed by atoms with E-state index < -0.39 is 21.6 Å². The van der Waals surface area contributed by atoms with Gasteiger partial charge in [-0.1, -0.05) is 11.6 Å². The molecule has 2 N–H and O–H groups in total. The lowest BCUT2D eigenvalue weighted by Crippen LogP contribution is -2.33. The summed E-state index contributed by atoms with van der Waals surface area (Å²) in [6.07, 6.45) is 7.58. The number of rotatable bonds is 6. The summed E-state index contributed by atoms with van der Waals surface area (Å²) in [6, 6.07) is 2.34. The Morgan fingerprint density at radius 1 is 1.29 bits per heavy atom. The van der Waals surface area contributed by atoms with Crippen LogP contribution in [0.25, 0.3) is 0 Å². The highest BCUT2D eigenvalue weighted by molar-refractivity contribution is 7.92. The standard InChI is InChI=1S/C20H24ClFN2O3S/c21-16-6-15(19(25)24-28(23,26)14-1-2-14)17(22)7-18(16)27-10-20-8-11-3-12(9-20)5-13(20)4-11/h6-7,11-14H,1-5,8-10H2,(H2,23,24,25,26). The number of amides is 1. The minimum atomic E-state index is -3.25. The summed E-state index contributed by atoms with van der Waals surface area (Å²) in [5.74, 6) is 0.916. The van der Waals surface area contributed by atoms with Crippen molar-refractivity contribution in [2.24, 2.45) is 23.2 Å². The minimum Gasteiger partial charge on any atom is -0.491 e. The van der Waals surface area contributed by atoms with Crippen molar-refractivity contribution < 1.29 is 18.1 Å². The van der Waals surface area contributed by atoms with Gasteiger partial charge in [-0.2, -0.15) is 0 Å². The minimum absolute atomic E-state index is 0.156. The summed E-state index contributed by atoms with van der Waals surface area (Å²) in [5, 5.41) is -0.183. The fourth-order valence-electron chi connectivity index (χ4n) is 5.91. The molecule has 3 atom stereocenters. The van der Waals surface area contributed by atoms with Crippen LogP contribution in [0.15, 0.2) is 12.1 Å². The van der Waals surface area contributed by atoms with Gasteiger partial charge in [0.15, 0.2) is 0 Å². The van der Waals surface area contributed by atoms with Gasteiger partial charge in [-0.05, 0) is 68.8 Å². The predicted octanol–water partition coefficient (Wildman–Crippen LogP) is 4.54. The lowest BCUT2D eigenvalue weighted by Gasteiger charge is -2.32. The number of benzene rings is 1. The number of nitrogens with one attached hydrogen (secondary N) is 2. The van der Waals surface area contributed by atoms with Gasteiger partial charge in [-0.3, -0.25) is 9.52 Å². The average Bonchev–Trinajstić information content (AvgIpc) is 3.40. The van der Waals surface area contributed by atoms with Crippen molar-refractivity contribution in [2.45, 2.75) is 50.2 Å². The molecule has 0 spiro atoms. The Morgan fingerprint density at radius 3 is 2.61 bits per heavy atom. The van der Waals surface area contributed by atoms with Crippen LogP contribution in [-0.2, 0) is 9.92 Å². The van der Waals surface area contributed by atoms with Crippen molar-refractivity contribution in [2.75, 3.05) is 6.61 Å². The van der Waals surface area contributed by atoms with Gasteiger partial charge in [0, 0.05) is 11.5 Å². The van der Waals surface area contributed by atoms with Gasteiger partial charge in [-0.25, -0.2) is 13.4 Å². The van der Waals surface area contributed by atoms with Gasteiger partial charge in [0.25, 0.3) is 5.91 Å². The number of carbonyl (C=O) groups is 1. The topological polar surface area (TPSA) is 79.3 Å². The maximum atomic E-state index is 14.6. The van der Waals surface area contributed by atoms with Crippen LogP contribution in [-0.4, -0.2) is 22.0 Å². The molecule has 5 nitrogen and oxygen atoms in total. The second-order valence-corrected chi connectivity index (χ2v) is 11.7. The predicted molar refractivity (Wildman–Crippen MR) is 104 cm³/mol. The highest BCUT2D eigenvalue weighted by Gasteiger charge is 2.58. The molecule has 5 fully saturated rings. The third-order valence-corrected chi connectivity index (χ3v) is 9.37. The first kappa shape index (κ1) is 18.7. The molecule has 0 aliphatic heterocycles. The van der Waals surface area contributed by atoms with Gasteiger partial charge in [0.1, 0.15) is 21.5 Å². The molecule has 8 heteroatoms. The molecule has 0 saturated heterocycles. The van der Waals surface area contributed by atoms with Crippen LogP contribution in [0.2, 0.25) is 5.02 Å². The Labute approximate surface area is 169 Å². The molecular weight excluding hydrogens is 403 g/mol. The Balaban J connectivity index is 1.30. The number of halogens is 2. The molecule has 1 aromatic rings. The molecule has 0 aromatic heterocycles. The monoisotopic (exact) mass is 426 g/mol. The smallest absolute Gasteiger partial charge is 0.266 e. The fourth-order valence-corrected chi connectivity index (χ4v) is 7.48. The Bertz CT molecular complexity index is 933. The molecular formula is C20H24ClFN2O3S. The van der Waals surface area contributed by atoms with E-state index in [4.69, 9.17) is 21.1 Å². The van der Waals surface area contributed by atoms with Crippen molar-refractivity contribution >= 4 is 27.4 Å². The highest BCUT2D eigenvalue weighted by atomic mass is 35.5. The number of hydrogen-bond donors (Lipinski definition) is 2. The Hall–Kier alpha value is -1.34. The molecule has 5 aliphatic carbocycles. The molecule has 152 valence electrons. The van der Waals surface area contributed by atoms with Crippen molar-refractivity contribution in [3.05, 3.63) is 28.5 Å². The van der Waals surface area contributed by atoms with Gasteiger partial charge >= 0.3 is 0 Å². The van der Waals surface area contributed by atoms with Crippen LogP contribution in [0, 0.1) is 33.8 Å². The Morgan fingerprint density at radius 2 is 1.96 bits per heavy atom. The van der Waals surface area contributed by atoms with E-state index in [-0.39, 0.29) is 27.0 Å². The van der Waals surface area contributed by atoms with Crippen LogP contribution >= 0.6 is 11.6 Å². The number of hydrogen-bond acceptors (Lipinski definition) is 4. The van der Waals surface area contributed by atoms with Gasteiger partial charge < -0.3 is 4.74 Å². The quantitative estimate of drug-likeness (QED) is 0.700. The molecule has 1 amide bonds. The van der Waals surface area contributed by atoms with Gasteiger partial charge in [0.05, 0.1) is 22.4 Å². The molecule has 1 aromatic carbocycles. The summed E-state index contributed by atoms with van der Waals surface area (Å²) in [4.78, 5) is 12.3. The highest BCUT2D eigenvalue weighted by Crippen LogP contribution is 2.65. The molecule has 3 unspecified atom stereocenters. The van der Waals surface area contributed by atoms with Crippen molar-refractivity contribution in [1.82, 2.24) is 4.72 Å². The first-order chi connectivity index (χ1) is 13.3. The van der Waals surface area contributed by atoms with E-state index in [0.717, 1.165) is 17.9 Å². The summed E-state index contributed by atoms with van der Waals surface area (Å²) in [6.45, 7) is 0.539. The van der Waals surface area contributed by atoms with Crippen LogP contribution in [0.1, 0.15) is 55.3 Å². The third kappa shape index (κ3) is 3.11. The van der Waals surface area contributed by atoms with Crippen LogP contribution < -0.4 is 9.46 Å². The van der Waals surface area contributed by atoms with E-state index in [1.807, 2.05) is 0 Å². The second kappa shape index (κ2) is 6.33. The van der Waals surface area contributed by atoms with E-state index in [1.165, 1.54) is 38.2 Å². The first-order valence-electron chi connectivity index (χ1n) is 9.97. The molecule has 0 heterocycles. The van der Waals surface area contributed by atoms with Crippen LogP contribution in [0.4, 0.5) is 4.39 Å². The Kier molecular flexibility index (Phi) is 4.22. The number of carbonyl (C=O) groups excluding carboxylic acids is 1. The van der Waals surface area contributed by atoms with Crippen molar-refractivity contribution in [1.29, 1.82) is 4.78 Å². The summed E-state index contributed by atoms with van der Waals surface area (Å²) >= 11 is 6.27. The summed E-state index contributed by atoms with van der Waals surface area (Å²) in [7, 11) is -3.25. The van der Waals surface area contributed by atoms with E-state index in [9.17, 15) is 13.4 Å². The molecule has 5 aliphatic rings. The maximum Gasteiger partial charge on any atom is 0.266 e. The van der Waals surface area contributed by atoms with Crippen LogP contribution in [0.5, 0.6) is 5.75 Å². The van der Waals surface area contributed by atoms with Crippen molar-refractivity contribution in [3.8, 4) is 5.75 Å². The lowest BCUT2D eigenvalue weighted by molar-refractivity contribution is 0.0976. The lowest BCUT2D eigenvalue weighted by atomic mass is 9.76. The SMILES string of the molecule is N=S(=O)(NC(=O)c1cc(Cl)c(OCC23CC4CC(CC2C4)C3)cc1F)C1CC1. The molecule has 28 heavy (non-hydrogen) atoms. The third-order valence-electron chi connectivity index (χ3n) is 7.18. The average molecular weight is 427 g/mol. The zero-order chi connectivity index (χ0) is 19.7. The van der Waals surface area contributed by atoms with E-state index >= 15 is 0 Å². The molecule has 4 bridgehead atoms. The molecule has 6 rings (SSSR count). The maximum absolute atomic E-state index is 14.6. The van der Waals surface area contributed by atoms with E-state index in [1.54, 1.807) is 0 Å². The molecule has 0 radical (unpaired) electrons. The second-order valence-electron chi connectivity index (χ2n) is 9.19. The largest absolute Gasteiger partial charge is 0.491 e. The first-order valence-corrected chi connectivity index (χ1v) is 12.0. The van der Waals surface area contributed by atoms with Gasteiger partial charge in [-0.15, -0.1) is 0 Å². The van der Waals surface area contributed by atoms with Crippen molar-refractivity contribution in [3.63, 3.8) is 0 Å². The summed E-state index contributed by atoms with van der Waals surface area (Å²) in [5.41, 5.74) is -0.109. The van der Waals surface area contributed by atoms with Crippen LogP contribution in [0.3, 0.4) is 0 Å². The zero-order valence-electron chi connectivity index (χ0n) is 15.5. The normalized spacial score (nSPS) is 35.0. The van der Waals surface area contributed by atoms with Gasteiger partial charge in [0.2, 0.25) is 0 Å². The van der Waals surface area contributed by atoms with E-state index in [2.05, 4.69) is 4.72 Å². The molecule has 5 saturated carbocycles. The zero-order valence-corrected chi connectivity index (χ0v) is 17.1.